The monoisotopic (exact) mass is 279 g/mol. The number of carbonyl (C=O) groups is 2. The lowest BCUT2D eigenvalue weighted by atomic mass is 10.1. The lowest BCUT2D eigenvalue weighted by Crippen LogP contribution is -2.35. The number of nitrogens with one attached hydrogen (secondary N) is 1. The molecule has 0 aliphatic heterocycles. The molecule has 1 aromatic carbocycles. The van der Waals surface area contributed by atoms with Crippen LogP contribution in [0.3, 0.4) is 0 Å². The molecule has 1 unspecified atom stereocenters. The first kappa shape index (κ1) is 15.9. The van der Waals surface area contributed by atoms with Gasteiger partial charge in [0.05, 0.1) is 6.42 Å². The van der Waals surface area contributed by atoms with Gasteiger partial charge in [-0.2, -0.15) is 0 Å². The smallest absolute Gasteiger partial charge is 0.305 e. The normalized spacial score (nSPS) is 12.3. The van der Waals surface area contributed by atoms with Crippen molar-refractivity contribution in [1.82, 2.24) is 5.32 Å². The summed E-state index contributed by atoms with van der Waals surface area (Å²) in [7, 11) is 0. The first-order valence-electron chi connectivity index (χ1n) is 6.47. The molecule has 0 spiro atoms. The highest BCUT2D eigenvalue weighted by Gasteiger charge is 2.13. The highest BCUT2D eigenvalue weighted by atomic mass is 19.1. The molecule has 4 nitrogen and oxygen atoms in total. The molecule has 0 saturated heterocycles. The summed E-state index contributed by atoms with van der Waals surface area (Å²) in [6, 6.07) is 5.47. The second-order valence-electron chi connectivity index (χ2n) is 4.48. The summed E-state index contributed by atoms with van der Waals surface area (Å²) in [4.78, 5) is 22.4. The molecule has 5 heteroatoms. The molecule has 0 fully saturated rings. The third kappa shape index (κ3) is 6.13. The van der Waals surface area contributed by atoms with E-state index in [9.17, 15) is 14.0 Å². The van der Waals surface area contributed by atoms with E-state index in [-0.39, 0.29) is 24.2 Å². The van der Waals surface area contributed by atoms with E-state index >= 15 is 0 Å². The summed E-state index contributed by atoms with van der Waals surface area (Å²) in [5, 5.41) is 11.4. The van der Waals surface area contributed by atoms with E-state index in [4.69, 9.17) is 5.11 Å². The summed E-state index contributed by atoms with van der Waals surface area (Å²) in [5.41, 5.74) is 0.574. The molecule has 0 aromatic heterocycles. The summed E-state index contributed by atoms with van der Waals surface area (Å²) in [6.07, 6.45) is 4.05. The van der Waals surface area contributed by atoms with Crippen molar-refractivity contribution in [2.24, 2.45) is 0 Å². The molecule has 0 radical (unpaired) electrons. The largest absolute Gasteiger partial charge is 0.481 e. The van der Waals surface area contributed by atoms with Gasteiger partial charge in [-0.15, -0.1) is 0 Å². The SMILES string of the molecule is CCCC(CC(=O)O)NC(=O)/C=C/c1cccc(F)c1. The fourth-order valence-corrected chi connectivity index (χ4v) is 1.82. The minimum Gasteiger partial charge on any atom is -0.481 e. The quantitative estimate of drug-likeness (QED) is 0.754. The number of carboxylic acid groups (broad SMARTS) is 1. The average molecular weight is 279 g/mol. The van der Waals surface area contributed by atoms with Crippen molar-refractivity contribution in [3.05, 3.63) is 41.7 Å². The van der Waals surface area contributed by atoms with Gasteiger partial charge in [0.1, 0.15) is 5.82 Å². The maximum atomic E-state index is 12.9. The van der Waals surface area contributed by atoms with Crippen molar-refractivity contribution in [3.63, 3.8) is 0 Å². The third-order valence-electron chi connectivity index (χ3n) is 2.68. The number of aliphatic carboxylic acids is 1. The number of benzene rings is 1. The molecule has 0 aliphatic rings. The zero-order chi connectivity index (χ0) is 15.0. The first-order chi connectivity index (χ1) is 9.51. The molecule has 108 valence electrons. The first-order valence-corrected chi connectivity index (χ1v) is 6.47. The van der Waals surface area contributed by atoms with Crippen molar-refractivity contribution >= 4 is 18.0 Å². The molecule has 0 heterocycles. The Hall–Kier alpha value is -2.17. The minimum atomic E-state index is -0.946. The Morgan fingerprint density at radius 1 is 1.45 bits per heavy atom. The van der Waals surface area contributed by atoms with Crippen molar-refractivity contribution in [3.8, 4) is 0 Å². The molecule has 20 heavy (non-hydrogen) atoms. The van der Waals surface area contributed by atoms with Crippen molar-refractivity contribution in [2.75, 3.05) is 0 Å². The summed E-state index contributed by atoms with van der Waals surface area (Å²) < 4.78 is 12.9. The van der Waals surface area contributed by atoms with E-state index in [2.05, 4.69) is 5.32 Å². The molecule has 1 amide bonds. The van der Waals surface area contributed by atoms with Gasteiger partial charge < -0.3 is 10.4 Å². The standard InChI is InChI=1S/C15H18FNO3/c1-2-4-13(10-15(19)20)17-14(18)8-7-11-5-3-6-12(16)9-11/h3,5-9,13H,2,4,10H2,1H3,(H,17,18)(H,19,20)/b8-7+. The number of halogens is 1. The molecule has 0 aliphatic carbocycles. The molecule has 2 N–H and O–H groups in total. The molecular weight excluding hydrogens is 261 g/mol. The molecule has 0 bridgehead atoms. The van der Waals surface area contributed by atoms with Crippen LogP contribution in [0, 0.1) is 5.82 Å². The van der Waals surface area contributed by atoms with E-state index in [0.717, 1.165) is 6.42 Å². The van der Waals surface area contributed by atoms with Crippen LogP contribution >= 0.6 is 0 Å². The molecule has 0 saturated carbocycles. The summed E-state index contributed by atoms with van der Waals surface area (Å²) in [5.74, 6) is -1.70. The van der Waals surface area contributed by atoms with Crippen LogP contribution < -0.4 is 5.32 Å². The van der Waals surface area contributed by atoms with Crippen LogP contribution in [0.1, 0.15) is 31.7 Å². The van der Waals surface area contributed by atoms with Gasteiger partial charge in [-0.3, -0.25) is 9.59 Å². The van der Waals surface area contributed by atoms with E-state index in [0.29, 0.717) is 12.0 Å². The Balaban J connectivity index is 2.58. The van der Waals surface area contributed by atoms with Crippen LogP contribution in [0.5, 0.6) is 0 Å². The number of carbonyl (C=O) groups excluding carboxylic acids is 1. The molecule has 1 aromatic rings. The van der Waals surface area contributed by atoms with Gasteiger partial charge in [0.2, 0.25) is 5.91 Å². The van der Waals surface area contributed by atoms with Crippen LogP contribution in [0.25, 0.3) is 6.08 Å². The Morgan fingerprint density at radius 3 is 2.80 bits per heavy atom. The number of hydrogen-bond donors (Lipinski definition) is 2. The Morgan fingerprint density at radius 2 is 2.20 bits per heavy atom. The van der Waals surface area contributed by atoms with Crippen LogP contribution in [0.2, 0.25) is 0 Å². The average Bonchev–Trinajstić information content (AvgIpc) is 2.36. The summed E-state index contributed by atoms with van der Waals surface area (Å²) in [6.45, 7) is 1.92. The van der Waals surface area contributed by atoms with Gasteiger partial charge in [-0.05, 0) is 30.2 Å². The fraction of sp³-hybridized carbons (Fsp3) is 0.333. The van der Waals surface area contributed by atoms with Gasteiger partial charge in [-0.25, -0.2) is 4.39 Å². The fourth-order valence-electron chi connectivity index (χ4n) is 1.82. The van der Waals surface area contributed by atoms with Crippen molar-refractivity contribution < 1.29 is 19.1 Å². The van der Waals surface area contributed by atoms with Crippen LogP contribution in [0.15, 0.2) is 30.3 Å². The highest BCUT2D eigenvalue weighted by Crippen LogP contribution is 2.06. The van der Waals surface area contributed by atoms with E-state index < -0.39 is 5.97 Å². The molecule has 1 rings (SSSR count). The predicted octanol–water partition coefficient (Wildman–Crippen LogP) is 2.60. The van der Waals surface area contributed by atoms with Gasteiger partial charge in [0.25, 0.3) is 0 Å². The second kappa shape index (κ2) is 8.09. The maximum Gasteiger partial charge on any atom is 0.305 e. The number of amides is 1. The van der Waals surface area contributed by atoms with E-state index in [1.165, 1.54) is 24.3 Å². The second-order valence-corrected chi connectivity index (χ2v) is 4.48. The van der Waals surface area contributed by atoms with Crippen LogP contribution in [0.4, 0.5) is 4.39 Å². The van der Waals surface area contributed by atoms with Gasteiger partial charge in [0.15, 0.2) is 0 Å². The Bertz CT molecular complexity index is 500. The van der Waals surface area contributed by atoms with Crippen molar-refractivity contribution in [1.29, 1.82) is 0 Å². The van der Waals surface area contributed by atoms with Crippen LogP contribution in [-0.4, -0.2) is 23.0 Å². The van der Waals surface area contributed by atoms with E-state index in [1.54, 1.807) is 12.1 Å². The number of hydrogen-bond acceptors (Lipinski definition) is 2. The van der Waals surface area contributed by atoms with E-state index in [1.807, 2.05) is 6.92 Å². The number of carboxylic acids is 1. The van der Waals surface area contributed by atoms with Crippen LogP contribution in [-0.2, 0) is 9.59 Å². The topological polar surface area (TPSA) is 66.4 Å². The Labute approximate surface area is 117 Å². The molecule has 1 atom stereocenters. The minimum absolute atomic E-state index is 0.104. The zero-order valence-corrected chi connectivity index (χ0v) is 11.3. The number of rotatable bonds is 7. The van der Waals surface area contributed by atoms with Gasteiger partial charge in [0, 0.05) is 12.1 Å². The maximum absolute atomic E-state index is 12.9. The van der Waals surface area contributed by atoms with Gasteiger partial charge >= 0.3 is 5.97 Å². The third-order valence-corrected chi connectivity index (χ3v) is 2.68. The summed E-state index contributed by atoms with van der Waals surface area (Å²) >= 11 is 0. The lowest BCUT2D eigenvalue weighted by molar-refractivity contribution is -0.137. The highest BCUT2D eigenvalue weighted by molar-refractivity contribution is 5.92. The van der Waals surface area contributed by atoms with Gasteiger partial charge in [-0.1, -0.05) is 25.5 Å². The predicted molar refractivity (Wildman–Crippen MR) is 74.5 cm³/mol. The van der Waals surface area contributed by atoms with Crippen molar-refractivity contribution in [2.45, 2.75) is 32.2 Å². The zero-order valence-electron chi connectivity index (χ0n) is 11.3. The molecular formula is C15H18FNO3. The Kier molecular flexibility index (Phi) is 6.43. The lowest BCUT2D eigenvalue weighted by Gasteiger charge is -2.14.